The lowest BCUT2D eigenvalue weighted by molar-refractivity contribution is -0.137. The molecule has 2 N–H and O–H groups in total. The summed E-state index contributed by atoms with van der Waals surface area (Å²) in [6.45, 7) is 0.0409. The van der Waals surface area contributed by atoms with Crippen LogP contribution in [0.4, 0.5) is 13.2 Å². The van der Waals surface area contributed by atoms with Crippen molar-refractivity contribution >= 4 is 23.2 Å². The molecule has 0 radical (unpaired) electrons. The number of thiophene rings is 1. The molecule has 1 aromatic heterocycles. The van der Waals surface area contributed by atoms with Gasteiger partial charge in [-0.3, -0.25) is 9.59 Å². The highest BCUT2D eigenvalue weighted by Gasteiger charge is 2.30. The Bertz CT molecular complexity index is 1020. The molecule has 0 saturated carbocycles. The van der Waals surface area contributed by atoms with E-state index in [1.807, 2.05) is 30.3 Å². The molecular formula is C23H21F3N2O3S. The molecule has 0 fully saturated rings. The smallest absolute Gasteiger partial charge is 0.416 e. The van der Waals surface area contributed by atoms with Crippen LogP contribution in [0, 0.1) is 0 Å². The van der Waals surface area contributed by atoms with Crippen molar-refractivity contribution in [3.8, 4) is 5.75 Å². The molecule has 0 aliphatic rings. The Morgan fingerprint density at radius 1 is 1.00 bits per heavy atom. The molecule has 3 aromatic rings. The number of carbonyl (C=O) groups excluding carboxylic acids is 2. The van der Waals surface area contributed by atoms with Crippen LogP contribution in [-0.2, 0) is 17.4 Å². The Kier molecular flexibility index (Phi) is 7.88. The molecule has 0 saturated heterocycles. The fourth-order valence-corrected chi connectivity index (χ4v) is 3.55. The molecule has 0 bridgehead atoms. The molecule has 5 nitrogen and oxygen atoms in total. The molecule has 9 heteroatoms. The second-order valence-electron chi connectivity index (χ2n) is 6.86. The molecule has 0 spiro atoms. The Morgan fingerprint density at radius 2 is 1.78 bits per heavy atom. The lowest BCUT2D eigenvalue weighted by atomic mass is 10.1. The van der Waals surface area contributed by atoms with Gasteiger partial charge in [-0.2, -0.15) is 13.2 Å². The van der Waals surface area contributed by atoms with Crippen LogP contribution in [0.25, 0.3) is 0 Å². The first-order valence-corrected chi connectivity index (χ1v) is 10.7. The quantitative estimate of drug-likeness (QED) is 0.466. The zero-order chi connectivity index (χ0) is 23.0. The Balaban J connectivity index is 1.56. The first-order chi connectivity index (χ1) is 15.3. The van der Waals surface area contributed by atoms with Crippen LogP contribution in [0.3, 0.4) is 0 Å². The summed E-state index contributed by atoms with van der Waals surface area (Å²) in [6, 6.07) is 16.4. The average Bonchev–Trinajstić information content (AvgIpc) is 3.32. The zero-order valence-corrected chi connectivity index (χ0v) is 17.7. The highest BCUT2D eigenvalue weighted by molar-refractivity contribution is 7.12. The highest BCUT2D eigenvalue weighted by atomic mass is 32.1. The molecule has 2 amide bonds. The predicted octanol–water partition coefficient (Wildman–Crippen LogP) is 4.30. The van der Waals surface area contributed by atoms with Crippen molar-refractivity contribution in [1.29, 1.82) is 0 Å². The maximum Gasteiger partial charge on any atom is 0.416 e. The second-order valence-corrected chi connectivity index (χ2v) is 7.81. The fourth-order valence-electron chi connectivity index (χ4n) is 2.92. The van der Waals surface area contributed by atoms with Crippen molar-refractivity contribution in [3.63, 3.8) is 0 Å². The van der Waals surface area contributed by atoms with Crippen molar-refractivity contribution in [2.24, 2.45) is 0 Å². The van der Waals surface area contributed by atoms with E-state index in [-0.39, 0.29) is 31.2 Å². The number of nitrogens with one attached hydrogen (secondary N) is 2. The van der Waals surface area contributed by atoms with Crippen molar-refractivity contribution < 1.29 is 27.5 Å². The Hall–Kier alpha value is -3.33. The molecule has 32 heavy (non-hydrogen) atoms. The molecule has 0 aliphatic carbocycles. The van der Waals surface area contributed by atoms with Crippen molar-refractivity contribution in [2.75, 3.05) is 13.2 Å². The minimum atomic E-state index is -4.46. The van der Waals surface area contributed by atoms with Crippen molar-refractivity contribution in [2.45, 2.75) is 18.6 Å². The van der Waals surface area contributed by atoms with Gasteiger partial charge in [0.2, 0.25) is 5.91 Å². The van der Waals surface area contributed by atoms with Gasteiger partial charge in [0.25, 0.3) is 5.91 Å². The van der Waals surface area contributed by atoms with Crippen LogP contribution in [0.5, 0.6) is 5.75 Å². The van der Waals surface area contributed by atoms with E-state index in [4.69, 9.17) is 4.74 Å². The fraction of sp³-hybridized carbons (Fsp3) is 0.217. The summed E-state index contributed by atoms with van der Waals surface area (Å²) >= 11 is 1.27. The van der Waals surface area contributed by atoms with Gasteiger partial charge in [-0.15, -0.1) is 11.3 Å². The van der Waals surface area contributed by atoms with Crippen molar-refractivity contribution in [1.82, 2.24) is 10.6 Å². The summed E-state index contributed by atoms with van der Waals surface area (Å²) < 4.78 is 43.7. The highest BCUT2D eigenvalue weighted by Crippen LogP contribution is 2.31. The van der Waals surface area contributed by atoms with Gasteiger partial charge in [-0.25, -0.2) is 0 Å². The van der Waals surface area contributed by atoms with Crippen LogP contribution in [0.15, 0.2) is 72.1 Å². The Labute approximate surface area is 187 Å². The first kappa shape index (κ1) is 23.3. The third-order valence-corrected chi connectivity index (χ3v) is 5.35. The molecule has 1 heterocycles. The normalized spacial score (nSPS) is 12.1. The molecule has 1 atom stereocenters. The monoisotopic (exact) mass is 462 g/mol. The Morgan fingerprint density at radius 3 is 2.47 bits per heavy atom. The van der Waals surface area contributed by atoms with Gasteiger partial charge in [0.15, 0.2) is 0 Å². The molecule has 1 unspecified atom stereocenters. The standard InChI is InChI=1S/C23H21F3N2O3S/c24-23(25,26)17-8-4-9-18(15-17)31-12-11-27-21(29)19(14-16-6-2-1-3-7-16)28-22(30)20-10-5-13-32-20/h1-10,13,15,19H,11-12,14H2,(H,27,29)(H,28,30). The van der Waals surface area contributed by atoms with Gasteiger partial charge < -0.3 is 15.4 Å². The van der Waals surface area contributed by atoms with Gasteiger partial charge in [-0.05, 0) is 35.2 Å². The first-order valence-electron chi connectivity index (χ1n) is 9.79. The summed E-state index contributed by atoms with van der Waals surface area (Å²) in [5.74, 6) is -0.705. The van der Waals surface area contributed by atoms with E-state index < -0.39 is 23.7 Å². The minimum absolute atomic E-state index is 0.0238. The summed E-state index contributed by atoms with van der Waals surface area (Å²) in [7, 11) is 0. The maximum absolute atomic E-state index is 12.8. The van der Waals surface area contributed by atoms with Gasteiger partial charge >= 0.3 is 6.18 Å². The SMILES string of the molecule is O=C(NC(Cc1ccccc1)C(=O)NCCOc1cccc(C(F)(F)F)c1)c1cccs1. The molecular weight excluding hydrogens is 441 g/mol. The van der Waals surface area contributed by atoms with Crippen LogP contribution >= 0.6 is 11.3 Å². The third-order valence-electron chi connectivity index (χ3n) is 4.48. The number of benzene rings is 2. The minimum Gasteiger partial charge on any atom is -0.492 e. The van der Waals surface area contributed by atoms with Gasteiger partial charge in [0, 0.05) is 6.42 Å². The number of amides is 2. The predicted molar refractivity (Wildman–Crippen MR) is 116 cm³/mol. The summed E-state index contributed by atoms with van der Waals surface area (Å²) in [4.78, 5) is 25.7. The van der Waals surface area contributed by atoms with E-state index in [0.717, 1.165) is 17.7 Å². The number of carbonyl (C=O) groups is 2. The van der Waals surface area contributed by atoms with Crippen molar-refractivity contribution in [3.05, 3.63) is 88.1 Å². The third kappa shape index (κ3) is 6.84. The number of halogens is 3. The average molecular weight is 462 g/mol. The number of hydrogen-bond acceptors (Lipinski definition) is 4. The number of ether oxygens (including phenoxy) is 1. The largest absolute Gasteiger partial charge is 0.492 e. The van der Waals surface area contributed by atoms with E-state index in [9.17, 15) is 22.8 Å². The summed E-state index contributed by atoms with van der Waals surface area (Å²) in [5, 5.41) is 7.19. The van der Waals surface area contributed by atoms with Crippen LogP contribution in [0.2, 0.25) is 0 Å². The number of alkyl halides is 3. The van der Waals surface area contributed by atoms with E-state index in [0.29, 0.717) is 4.88 Å². The molecule has 168 valence electrons. The maximum atomic E-state index is 12.8. The number of rotatable bonds is 9. The van der Waals surface area contributed by atoms with E-state index >= 15 is 0 Å². The van der Waals surface area contributed by atoms with Gasteiger partial charge in [0.05, 0.1) is 17.0 Å². The van der Waals surface area contributed by atoms with Crippen LogP contribution < -0.4 is 15.4 Å². The van der Waals surface area contributed by atoms with E-state index in [2.05, 4.69) is 10.6 Å². The van der Waals surface area contributed by atoms with E-state index in [1.54, 1.807) is 17.5 Å². The molecule has 0 aliphatic heterocycles. The van der Waals surface area contributed by atoms with Gasteiger partial charge in [0.1, 0.15) is 18.4 Å². The van der Waals surface area contributed by atoms with Gasteiger partial charge in [-0.1, -0.05) is 42.5 Å². The topological polar surface area (TPSA) is 67.4 Å². The van der Waals surface area contributed by atoms with Crippen LogP contribution in [-0.4, -0.2) is 31.0 Å². The second kappa shape index (κ2) is 10.8. The molecule has 2 aromatic carbocycles. The summed E-state index contributed by atoms with van der Waals surface area (Å²) in [5.41, 5.74) is 0.0672. The van der Waals surface area contributed by atoms with Crippen LogP contribution in [0.1, 0.15) is 20.8 Å². The van der Waals surface area contributed by atoms with E-state index in [1.165, 1.54) is 23.5 Å². The summed E-state index contributed by atoms with van der Waals surface area (Å²) in [6.07, 6.45) is -4.17. The number of hydrogen-bond donors (Lipinski definition) is 2. The molecule has 3 rings (SSSR count). The lowest BCUT2D eigenvalue weighted by Crippen LogP contribution is -2.48. The zero-order valence-electron chi connectivity index (χ0n) is 16.9. The lowest BCUT2D eigenvalue weighted by Gasteiger charge is -2.18.